The third-order valence-corrected chi connectivity index (χ3v) is 3.67. The minimum Gasteiger partial charge on any atom is -0.434 e. The zero-order chi connectivity index (χ0) is 15.4. The van der Waals surface area contributed by atoms with Gasteiger partial charge in [-0.2, -0.15) is 8.78 Å². The molecule has 0 radical (unpaired) electrons. The van der Waals surface area contributed by atoms with Crippen LogP contribution in [0.25, 0.3) is 0 Å². The van der Waals surface area contributed by atoms with Gasteiger partial charge in [-0.1, -0.05) is 13.0 Å². The van der Waals surface area contributed by atoms with Gasteiger partial charge in [-0.05, 0) is 31.1 Å². The molecular weight excluding hydrogens is 285 g/mol. The maximum Gasteiger partial charge on any atom is 0.387 e. The number of rotatable bonds is 6. The van der Waals surface area contributed by atoms with Crippen molar-refractivity contribution < 1.29 is 22.7 Å². The van der Waals surface area contributed by atoms with Gasteiger partial charge in [-0.25, -0.2) is 4.39 Å². The first-order chi connectivity index (χ1) is 9.99. The van der Waals surface area contributed by atoms with E-state index in [1.807, 2.05) is 0 Å². The number of alkyl halides is 2. The predicted octanol–water partition coefficient (Wildman–Crippen LogP) is 1.90. The zero-order valence-electron chi connectivity index (χ0n) is 11.5. The molecule has 7 heteroatoms. The molecule has 1 atom stereocenters. The van der Waals surface area contributed by atoms with Crippen molar-refractivity contribution in [2.75, 3.05) is 13.1 Å². The first-order valence-corrected chi connectivity index (χ1v) is 6.69. The molecule has 21 heavy (non-hydrogen) atoms. The van der Waals surface area contributed by atoms with Gasteiger partial charge in [0.1, 0.15) is 11.6 Å². The van der Waals surface area contributed by atoms with Gasteiger partial charge < -0.3 is 15.4 Å². The standard InChI is InChI=1S/C14H17F3N2O2/c1-8(9-5-18-6-9)13(20)19-7-10-11(15)3-2-4-12(10)21-14(16)17/h2-4,8-9,14,18H,5-7H2,1H3,(H,19,20). The van der Waals surface area contributed by atoms with Crippen LogP contribution in [-0.2, 0) is 11.3 Å². The van der Waals surface area contributed by atoms with Crippen LogP contribution >= 0.6 is 0 Å². The largest absolute Gasteiger partial charge is 0.434 e. The van der Waals surface area contributed by atoms with Crippen molar-refractivity contribution in [1.82, 2.24) is 10.6 Å². The molecule has 1 aromatic rings. The molecule has 0 spiro atoms. The highest BCUT2D eigenvalue weighted by Gasteiger charge is 2.28. The molecule has 0 aromatic heterocycles. The Kier molecular flexibility index (Phi) is 5.06. The number of nitrogens with one attached hydrogen (secondary N) is 2. The SMILES string of the molecule is CC(C(=O)NCc1c(F)cccc1OC(F)F)C1CNC1. The number of benzene rings is 1. The number of hydrogen-bond donors (Lipinski definition) is 2. The van der Waals surface area contributed by atoms with Gasteiger partial charge >= 0.3 is 6.61 Å². The molecule has 1 heterocycles. The maximum atomic E-state index is 13.7. The molecule has 2 N–H and O–H groups in total. The Hall–Kier alpha value is -1.76. The van der Waals surface area contributed by atoms with Crippen molar-refractivity contribution in [3.63, 3.8) is 0 Å². The van der Waals surface area contributed by atoms with Crippen molar-refractivity contribution in [2.45, 2.75) is 20.1 Å². The first kappa shape index (κ1) is 15.6. The van der Waals surface area contributed by atoms with Crippen molar-refractivity contribution in [3.05, 3.63) is 29.6 Å². The van der Waals surface area contributed by atoms with E-state index in [1.165, 1.54) is 12.1 Å². The number of amides is 1. The van der Waals surface area contributed by atoms with Crippen LogP contribution in [0, 0.1) is 17.7 Å². The summed E-state index contributed by atoms with van der Waals surface area (Å²) in [5.41, 5.74) is -0.0786. The summed E-state index contributed by atoms with van der Waals surface area (Å²) in [7, 11) is 0. The lowest BCUT2D eigenvalue weighted by atomic mass is 9.88. The van der Waals surface area contributed by atoms with Gasteiger partial charge in [0.2, 0.25) is 5.91 Å². The minimum absolute atomic E-state index is 0.0786. The Labute approximate surface area is 120 Å². The monoisotopic (exact) mass is 302 g/mol. The van der Waals surface area contributed by atoms with Crippen molar-refractivity contribution in [3.8, 4) is 5.75 Å². The summed E-state index contributed by atoms with van der Waals surface area (Å²) in [6.45, 7) is 0.111. The van der Waals surface area contributed by atoms with E-state index in [2.05, 4.69) is 15.4 Å². The molecule has 1 amide bonds. The second kappa shape index (κ2) is 6.80. The summed E-state index contributed by atoms with van der Waals surface area (Å²) in [4.78, 5) is 11.9. The molecule has 0 bridgehead atoms. The summed E-state index contributed by atoms with van der Waals surface area (Å²) in [5.74, 6) is -1.14. The normalized spacial score (nSPS) is 16.4. The molecule has 1 aliphatic rings. The van der Waals surface area contributed by atoms with E-state index in [0.717, 1.165) is 19.2 Å². The topological polar surface area (TPSA) is 50.4 Å². The van der Waals surface area contributed by atoms with Crippen LogP contribution in [-0.4, -0.2) is 25.6 Å². The molecule has 1 fully saturated rings. The number of carbonyl (C=O) groups excluding carboxylic acids is 1. The molecule has 0 aliphatic carbocycles. The average molecular weight is 302 g/mol. The molecular formula is C14H17F3N2O2. The zero-order valence-corrected chi connectivity index (χ0v) is 11.5. The molecule has 116 valence electrons. The van der Waals surface area contributed by atoms with Gasteiger partial charge in [0.15, 0.2) is 0 Å². The van der Waals surface area contributed by atoms with E-state index in [4.69, 9.17) is 0 Å². The maximum absolute atomic E-state index is 13.7. The van der Waals surface area contributed by atoms with Crippen LogP contribution in [0.2, 0.25) is 0 Å². The van der Waals surface area contributed by atoms with Crippen LogP contribution < -0.4 is 15.4 Å². The fourth-order valence-corrected chi connectivity index (χ4v) is 2.13. The number of halogens is 3. The molecule has 1 unspecified atom stereocenters. The summed E-state index contributed by atoms with van der Waals surface area (Å²) in [6.07, 6.45) is 0. The Morgan fingerprint density at radius 1 is 1.48 bits per heavy atom. The summed E-state index contributed by atoms with van der Waals surface area (Å²) < 4.78 is 42.5. The first-order valence-electron chi connectivity index (χ1n) is 6.69. The fourth-order valence-electron chi connectivity index (χ4n) is 2.13. The van der Waals surface area contributed by atoms with Crippen LogP contribution in [0.3, 0.4) is 0 Å². The van der Waals surface area contributed by atoms with E-state index in [9.17, 15) is 18.0 Å². The second-order valence-corrected chi connectivity index (χ2v) is 5.02. The Bertz CT molecular complexity index is 507. The molecule has 1 aliphatic heterocycles. The Morgan fingerprint density at radius 3 is 2.76 bits per heavy atom. The second-order valence-electron chi connectivity index (χ2n) is 5.02. The van der Waals surface area contributed by atoms with Gasteiger partial charge in [0, 0.05) is 18.0 Å². The minimum atomic E-state index is -3.04. The summed E-state index contributed by atoms with van der Waals surface area (Å²) in [5, 5.41) is 5.64. The van der Waals surface area contributed by atoms with E-state index < -0.39 is 12.4 Å². The quantitative estimate of drug-likeness (QED) is 0.844. The van der Waals surface area contributed by atoms with Crippen LogP contribution in [0.1, 0.15) is 12.5 Å². The lowest BCUT2D eigenvalue weighted by Crippen LogP contribution is -2.49. The molecule has 1 saturated heterocycles. The van der Waals surface area contributed by atoms with Crippen LogP contribution in [0.4, 0.5) is 13.2 Å². The van der Waals surface area contributed by atoms with Crippen molar-refractivity contribution in [2.24, 2.45) is 11.8 Å². The third-order valence-electron chi connectivity index (χ3n) is 3.67. The fraction of sp³-hybridized carbons (Fsp3) is 0.500. The molecule has 0 saturated carbocycles. The Balaban J connectivity index is 2.00. The third kappa shape index (κ3) is 3.87. The molecule has 1 aromatic carbocycles. The van der Waals surface area contributed by atoms with Crippen LogP contribution in [0.15, 0.2) is 18.2 Å². The van der Waals surface area contributed by atoms with Crippen molar-refractivity contribution in [1.29, 1.82) is 0 Å². The highest BCUT2D eigenvalue weighted by atomic mass is 19.3. The van der Waals surface area contributed by atoms with Gasteiger partial charge in [-0.3, -0.25) is 4.79 Å². The summed E-state index contributed by atoms with van der Waals surface area (Å²) >= 11 is 0. The lowest BCUT2D eigenvalue weighted by Gasteiger charge is -2.31. The van der Waals surface area contributed by atoms with E-state index >= 15 is 0 Å². The van der Waals surface area contributed by atoms with E-state index in [0.29, 0.717) is 0 Å². The predicted molar refractivity (Wildman–Crippen MR) is 70.4 cm³/mol. The lowest BCUT2D eigenvalue weighted by molar-refractivity contribution is -0.126. The Morgan fingerprint density at radius 2 is 2.19 bits per heavy atom. The highest BCUT2D eigenvalue weighted by Crippen LogP contribution is 2.23. The van der Waals surface area contributed by atoms with Gasteiger partial charge in [0.05, 0.1) is 0 Å². The summed E-state index contributed by atoms with van der Waals surface area (Å²) in [6, 6.07) is 3.66. The smallest absolute Gasteiger partial charge is 0.387 e. The van der Waals surface area contributed by atoms with E-state index in [-0.39, 0.29) is 35.6 Å². The average Bonchev–Trinajstić information content (AvgIpc) is 2.35. The number of hydrogen-bond acceptors (Lipinski definition) is 3. The van der Waals surface area contributed by atoms with Crippen molar-refractivity contribution >= 4 is 5.91 Å². The molecule has 2 rings (SSSR count). The number of carbonyl (C=O) groups is 1. The molecule has 4 nitrogen and oxygen atoms in total. The van der Waals surface area contributed by atoms with Gasteiger partial charge in [-0.15, -0.1) is 0 Å². The number of ether oxygens (including phenoxy) is 1. The van der Waals surface area contributed by atoms with Crippen LogP contribution in [0.5, 0.6) is 5.75 Å². The van der Waals surface area contributed by atoms with E-state index in [1.54, 1.807) is 6.92 Å². The highest BCUT2D eigenvalue weighted by molar-refractivity contribution is 5.78. The van der Waals surface area contributed by atoms with Gasteiger partial charge in [0.25, 0.3) is 0 Å².